The second-order valence-corrected chi connectivity index (χ2v) is 6.77. The van der Waals surface area contributed by atoms with Gasteiger partial charge in [0.2, 0.25) is 0 Å². The number of phenols is 1. The molecule has 2 heteroatoms. The van der Waals surface area contributed by atoms with Crippen molar-refractivity contribution in [2.45, 2.75) is 38.5 Å². The molecule has 2 nitrogen and oxygen atoms in total. The molecule has 0 radical (unpaired) electrons. The van der Waals surface area contributed by atoms with Crippen molar-refractivity contribution in [2.24, 2.45) is 11.3 Å². The molecule has 0 saturated heterocycles. The molecule has 3 aliphatic carbocycles. The van der Waals surface area contributed by atoms with E-state index in [1.807, 2.05) is 30.3 Å². The summed E-state index contributed by atoms with van der Waals surface area (Å²) < 4.78 is 0. The topological polar surface area (TPSA) is 37.3 Å². The molecule has 0 aliphatic heterocycles. The summed E-state index contributed by atoms with van der Waals surface area (Å²) in [5.41, 5.74) is 0.665. The third-order valence-corrected chi connectivity index (χ3v) is 5.72. The number of rotatable bonds is 2. The van der Waals surface area contributed by atoms with Crippen molar-refractivity contribution < 1.29 is 9.90 Å². The molecule has 0 aromatic heterocycles. The summed E-state index contributed by atoms with van der Waals surface area (Å²) in [5.74, 6) is 1.42. The first kappa shape index (κ1) is 12.9. The van der Waals surface area contributed by atoms with Crippen molar-refractivity contribution in [3.8, 4) is 5.75 Å². The Morgan fingerprint density at radius 3 is 2.24 bits per heavy atom. The van der Waals surface area contributed by atoms with Crippen molar-refractivity contribution in [1.82, 2.24) is 0 Å². The Labute approximate surface area is 124 Å². The minimum atomic E-state index is -0.130. The van der Waals surface area contributed by atoms with Crippen molar-refractivity contribution in [3.05, 3.63) is 42.0 Å². The van der Waals surface area contributed by atoms with E-state index in [-0.39, 0.29) is 11.2 Å². The lowest BCUT2D eigenvalue weighted by atomic mass is 9.58. The number of carbonyl (C=O) groups is 1. The third kappa shape index (κ3) is 1.89. The lowest BCUT2D eigenvalue weighted by molar-refractivity contribution is 0.0444. The lowest BCUT2D eigenvalue weighted by Gasteiger charge is -2.45. The van der Waals surface area contributed by atoms with Gasteiger partial charge in [0, 0.05) is 16.4 Å². The quantitative estimate of drug-likeness (QED) is 0.810. The first-order valence-electron chi connectivity index (χ1n) is 7.95. The zero-order valence-corrected chi connectivity index (χ0v) is 12.1. The van der Waals surface area contributed by atoms with Gasteiger partial charge in [0.05, 0.1) is 0 Å². The van der Waals surface area contributed by atoms with E-state index in [0.717, 1.165) is 41.5 Å². The standard InChI is InChI=1S/C19H20O2/c20-17-6-5-16(14-3-1-2-4-15(14)17)18(21)19-10-7-13(8-11-19)9-12-19/h1-6,13,20H,7-12H2. The number of carbonyl (C=O) groups excluding carboxylic acids is 1. The predicted molar refractivity (Wildman–Crippen MR) is 83.6 cm³/mol. The van der Waals surface area contributed by atoms with E-state index in [2.05, 4.69) is 0 Å². The summed E-state index contributed by atoms with van der Waals surface area (Å²) in [6.45, 7) is 0. The van der Waals surface area contributed by atoms with Gasteiger partial charge in [0.1, 0.15) is 5.75 Å². The summed E-state index contributed by atoms with van der Waals surface area (Å²) in [4.78, 5) is 13.2. The molecule has 2 aromatic carbocycles. The van der Waals surface area contributed by atoms with Crippen molar-refractivity contribution >= 4 is 16.6 Å². The largest absolute Gasteiger partial charge is 0.507 e. The number of hydrogen-bond acceptors (Lipinski definition) is 2. The van der Waals surface area contributed by atoms with Crippen molar-refractivity contribution in [2.75, 3.05) is 0 Å². The number of Topliss-reactive ketones (excluding diaryl/α,β-unsaturated/α-hetero) is 1. The Bertz CT molecular complexity index is 695. The van der Waals surface area contributed by atoms with Crippen molar-refractivity contribution in [1.29, 1.82) is 0 Å². The summed E-state index contributed by atoms with van der Waals surface area (Å²) >= 11 is 0. The smallest absolute Gasteiger partial charge is 0.169 e. The first-order valence-corrected chi connectivity index (χ1v) is 7.95. The minimum absolute atomic E-state index is 0.130. The second kappa shape index (κ2) is 4.59. The monoisotopic (exact) mass is 280 g/mol. The van der Waals surface area contributed by atoms with Gasteiger partial charge in [-0.1, -0.05) is 24.3 Å². The van der Waals surface area contributed by atoms with Gasteiger partial charge in [-0.3, -0.25) is 4.79 Å². The lowest BCUT2D eigenvalue weighted by Crippen LogP contribution is -2.40. The summed E-state index contributed by atoms with van der Waals surface area (Å²) in [7, 11) is 0. The van der Waals surface area contributed by atoms with Crippen LogP contribution in [0.1, 0.15) is 48.9 Å². The molecular formula is C19H20O2. The fourth-order valence-corrected chi connectivity index (χ4v) is 4.36. The highest BCUT2D eigenvalue weighted by Crippen LogP contribution is 2.52. The van der Waals surface area contributed by atoms with Crippen LogP contribution in [0.2, 0.25) is 0 Å². The Morgan fingerprint density at radius 1 is 0.952 bits per heavy atom. The molecule has 2 aromatic rings. The number of phenolic OH excluding ortho intramolecular Hbond substituents is 1. The van der Waals surface area contributed by atoms with Crippen LogP contribution in [0.3, 0.4) is 0 Å². The van der Waals surface area contributed by atoms with Crippen LogP contribution in [0.15, 0.2) is 36.4 Å². The summed E-state index contributed by atoms with van der Waals surface area (Å²) in [6.07, 6.45) is 6.77. The highest BCUT2D eigenvalue weighted by atomic mass is 16.3. The third-order valence-electron chi connectivity index (χ3n) is 5.72. The minimum Gasteiger partial charge on any atom is -0.507 e. The van der Waals surface area contributed by atoms with Gasteiger partial charge in [-0.05, 0) is 62.0 Å². The molecule has 5 rings (SSSR count). The Morgan fingerprint density at radius 2 is 1.57 bits per heavy atom. The molecule has 21 heavy (non-hydrogen) atoms. The highest BCUT2D eigenvalue weighted by molar-refractivity contribution is 6.12. The number of benzene rings is 2. The average molecular weight is 280 g/mol. The molecule has 3 saturated carbocycles. The molecule has 1 N–H and O–H groups in total. The maximum Gasteiger partial charge on any atom is 0.169 e. The van der Waals surface area contributed by atoms with E-state index in [9.17, 15) is 9.90 Å². The molecule has 2 bridgehead atoms. The Kier molecular flexibility index (Phi) is 2.81. The van der Waals surface area contributed by atoms with Crippen LogP contribution in [0.5, 0.6) is 5.75 Å². The van der Waals surface area contributed by atoms with Crippen LogP contribution in [0, 0.1) is 11.3 Å². The van der Waals surface area contributed by atoms with Gasteiger partial charge in [0.25, 0.3) is 0 Å². The van der Waals surface area contributed by atoms with Crippen molar-refractivity contribution in [3.63, 3.8) is 0 Å². The van der Waals surface area contributed by atoms with E-state index < -0.39 is 0 Å². The number of ketones is 1. The van der Waals surface area contributed by atoms with E-state index in [1.54, 1.807) is 6.07 Å². The SMILES string of the molecule is O=C(c1ccc(O)c2ccccc12)C12CCC(CC1)CC2. The number of aromatic hydroxyl groups is 1. The fraction of sp³-hybridized carbons (Fsp3) is 0.421. The Hall–Kier alpha value is -1.83. The molecule has 3 aliphatic rings. The Balaban J connectivity index is 1.83. The maximum absolute atomic E-state index is 13.2. The molecule has 0 spiro atoms. The van der Waals surface area contributed by atoms with Gasteiger partial charge in [-0.25, -0.2) is 0 Å². The fourth-order valence-electron chi connectivity index (χ4n) is 4.36. The maximum atomic E-state index is 13.2. The first-order chi connectivity index (χ1) is 10.2. The van der Waals surface area contributed by atoms with E-state index in [1.165, 1.54) is 19.3 Å². The van der Waals surface area contributed by atoms with Gasteiger partial charge in [-0.2, -0.15) is 0 Å². The van der Waals surface area contributed by atoms with E-state index >= 15 is 0 Å². The molecule has 0 atom stereocenters. The van der Waals surface area contributed by atoms with Crippen LogP contribution < -0.4 is 0 Å². The van der Waals surface area contributed by atoms with Crippen LogP contribution in [-0.4, -0.2) is 10.9 Å². The molecule has 108 valence electrons. The zero-order valence-electron chi connectivity index (χ0n) is 12.1. The number of fused-ring (bicyclic) bond motifs is 4. The van der Waals surface area contributed by atoms with Crippen LogP contribution in [-0.2, 0) is 0 Å². The van der Waals surface area contributed by atoms with Crippen LogP contribution in [0.25, 0.3) is 10.8 Å². The normalized spacial score (nSPS) is 27.9. The predicted octanol–water partition coefficient (Wildman–Crippen LogP) is 4.70. The van der Waals surface area contributed by atoms with Crippen LogP contribution in [0.4, 0.5) is 0 Å². The zero-order chi connectivity index (χ0) is 14.4. The molecule has 3 fully saturated rings. The van der Waals surface area contributed by atoms with Crippen LogP contribution >= 0.6 is 0 Å². The van der Waals surface area contributed by atoms with Gasteiger partial charge >= 0.3 is 0 Å². The van der Waals surface area contributed by atoms with E-state index in [4.69, 9.17) is 0 Å². The molecule has 0 amide bonds. The van der Waals surface area contributed by atoms with E-state index in [0.29, 0.717) is 5.78 Å². The van der Waals surface area contributed by atoms with Gasteiger partial charge in [-0.15, -0.1) is 0 Å². The van der Waals surface area contributed by atoms with Gasteiger partial charge < -0.3 is 5.11 Å². The van der Waals surface area contributed by atoms with Gasteiger partial charge in [0.15, 0.2) is 5.78 Å². The number of hydrogen-bond donors (Lipinski definition) is 1. The summed E-state index contributed by atoms with van der Waals surface area (Å²) in [5, 5.41) is 11.7. The average Bonchev–Trinajstić information content (AvgIpc) is 2.57. The molecule has 0 heterocycles. The summed E-state index contributed by atoms with van der Waals surface area (Å²) in [6, 6.07) is 11.2. The second-order valence-electron chi connectivity index (χ2n) is 6.77. The molecule has 0 unspecified atom stereocenters. The highest BCUT2D eigenvalue weighted by Gasteiger charge is 2.46. The molecular weight excluding hydrogens is 260 g/mol.